The monoisotopic (exact) mass is 500 g/mol. The van der Waals surface area contributed by atoms with Crippen molar-refractivity contribution in [2.45, 2.75) is 24.8 Å². The van der Waals surface area contributed by atoms with Crippen LogP contribution in [0.3, 0.4) is 0 Å². The number of aryl methyl sites for hydroxylation is 2. The fourth-order valence-corrected chi connectivity index (χ4v) is 5.21. The molecule has 4 rings (SSSR count). The number of carbonyl (C=O) groups is 1. The van der Waals surface area contributed by atoms with Gasteiger partial charge in [0, 0.05) is 5.02 Å². The van der Waals surface area contributed by atoms with Crippen LogP contribution in [-0.2, 0) is 14.8 Å². The van der Waals surface area contributed by atoms with E-state index in [2.05, 4.69) is 5.32 Å². The van der Waals surface area contributed by atoms with Crippen molar-refractivity contribution in [3.05, 3.63) is 82.9 Å². The maximum atomic E-state index is 13.5. The molecule has 0 aliphatic carbocycles. The Kier molecular flexibility index (Phi) is 7.00. The molecule has 1 heterocycles. The maximum absolute atomic E-state index is 13.5. The minimum absolute atomic E-state index is 0.0888. The lowest BCUT2D eigenvalue weighted by molar-refractivity contribution is -0.120. The van der Waals surface area contributed by atoms with E-state index in [0.717, 1.165) is 9.87 Å². The van der Waals surface area contributed by atoms with Gasteiger partial charge in [-0.2, -0.15) is 0 Å². The molecule has 0 fully saturated rings. The summed E-state index contributed by atoms with van der Waals surface area (Å²) in [4.78, 5) is 13.0. The van der Waals surface area contributed by atoms with Gasteiger partial charge in [0.25, 0.3) is 10.0 Å². The molecule has 1 atom stereocenters. The number of ether oxygens (including phenoxy) is 2. The Bertz CT molecular complexity index is 1290. The topological polar surface area (TPSA) is 84.9 Å². The maximum Gasteiger partial charge on any atom is 0.264 e. The largest absolute Gasteiger partial charge is 0.486 e. The van der Waals surface area contributed by atoms with Crippen LogP contribution in [-0.4, -0.2) is 40.1 Å². The summed E-state index contributed by atoms with van der Waals surface area (Å²) >= 11 is 6.17. The Balaban J connectivity index is 1.53. The van der Waals surface area contributed by atoms with Crippen LogP contribution in [0.1, 0.15) is 11.1 Å². The molecule has 0 bridgehead atoms. The van der Waals surface area contributed by atoms with Crippen LogP contribution >= 0.6 is 11.6 Å². The zero-order chi connectivity index (χ0) is 24.3. The Morgan fingerprint density at radius 3 is 2.50 bits per heavy atom. The van der Waals surface area contributed by atoms with Gasteiger partial charge in [0.1, 0.15) is 19.3 Å². The molecule has 0 saturated heterocycles. The molecular formula is C25H25ClN2O5S. The van der Waals surface area contributed by atoms with Crippen molar-refractivity contribution in [2.75, 3.05) is 24.0 Å². The quantitative estimate of drug-likeness (QED) is 0.527. The van der Waals surface area contributed by atoms with Crippen molar-refractivity contribution in [1.29, 1.82) is 0 Å². The second-order valence-corrected chi connectivity index (χ2v) is 10.4. The highest BCUT2D eigenvalue weighted by molar-refractivity contribution is 7.92. The van der Waals surface area contributed by atoms with Crippen LogP contribution in [0.15, 0.2) is 71.6 Å². The predicted molar refractivity (Wildman–Crippen MR) is 131 cm³/mol. The molecule has 1 aliphatic rings. The first kappa shape index (κ1) is 23.9. The van der Waals surface area contributed by atoms with E-state index in [1.54, 1.807) is 43.3 Å². The lowest BCUT2D eigenvalue weighted by Gasteiger charge is -2.28. The van der Waals surface area contributed by atoms with E-state index in [1.165, 1.54) is 12.1 Å². The fraction of sp³-hybridized carbons (Fsp3) is 0.240. The number of anilines is 1. The average molecular weight is 501 g/mol. The molecule has 34 heavy (non-hydrogen) atoms. The van der Waals surface area contributed by atoms with Gasteiger partial charge in [0.05, 0.1) is 17.1 Å². The number of carbonyl (C=O) groups excluding carboxylic acids is 1. The Labute approximate surface area is 204 Å². The fourth-order valence-electron chi connectivity index (χ4n) is 3.57. The number of nitrogens with one attached hydrogen (secondary N) is 1. The van der Waals surface area contributed by atoms with Crippen molar-refractivity contribution in [1.82, 2.24) is 5.32 Å². The molecule has 1 amide bonds. The zero-order valence-electron chi connectivity index (χ0n) is 18.8. The lowest BCUT2D eigenvalue weighted by Crippen LogP contribution is -2.45. The van der Waals surface area contributed by atoms with Crippen LogP contribution in [0.5, 0.6) is 11.5 Å². The number of sulfonamides is 1. The summed E-state index contributed by atoms with van der Waals surface area (Å²) in [6, 6.07) is 18.7. The van der Waals surface area contributed by atoms with Gasteiger partial charge >= 0.3 is 0 Å². The van der Waals surface area contributed by atoms with E-state index >= 15 is 0 Å². The smallest absolute Gasteiger partial charge is 0.264 e. The molecule has 3 aromatic rings. The van der Waals surface area contributed by atoms with Crippen molar-refractivity contribution < 1.29 is 22.7 Å². The number of nitrogens with zero attached hydrogens (tertiary/aromatic N) is 1. The number of hydrogen-bond acceptors (Lipinski definition) is 5. The van der Waals surface area contributed by atoms with Gasteiger partial charge in [-0.05, 0) is 55.8 Å². The summed E-state index contributed by atoms with van der Waals surface area (Å²) in [6.07, 6.45) is -0.395. The summed E-state index contributed by atoms with van der Waals surface area (Å²) in [7, 11) is -4.03. The molecule has 0 aromatic heterocycles. The van der Waals surface area contributed by atoms with Crippen molar-refractivity contribution in [2.24, 2.45) is 0 Å². The third-order valence-electron chi connectivity index (χ3n) is 5.43. The van der Waals surface area contributed by atoms with Gasteiger partial charge < -0.3 is 14.8 Å². The highest BCUT2D eigenvalue weighted by Gasteiger charge is 2.29. The molecule has 1 aliphatic heterocycles. The Morgan fingerprint density at radius 1 is 1.06 bits per heavy atom. The van der Waals surface area contributed by atoms with Gasteiger partial charge in [-0.1, -0.05) is 47.5 Å². The van der Waals surface area contributed by atoms with Gasteiger partial charge in [-0.15, -0.1) is 0 Å². The summed E-state index contributed by atoms with van der Waals surface area (Å²) in [5, 5.41) is 3.14. The third kappa shape index (κ3) is 5.29. The molecule has 0 radical (unpaired) electrons. The molecule has 3 aromatic carbocycles. The third-order valence-corrected chi connectivity index (χ3v) is 7.44. The summed E-state index contributed by atoms with van der Waals surface area (Å²) in [5.74, 6) is 0.778. The number of hydrogen-bond donors (Lipinski definition) is 1. The molecular weight excluding hydrogens is 476 g/mol. The summed E-state index contributed by atoms with van der Waals surface area (Å²) < 4.78 is 39.7. The molecule has 0 spiro atoms. The number of amides is 1. The number of benzene rings is 3. The highest BCUT2D eigenvalue weighted by atomic mass is 35.5. The van der Waals surface area contributed by atoms with Crippen molar-refractivity contribution >= 4 is 33.2 Å². The molecule has 7 nitrogen and oxygen atoms in total. The van der Waals surface area contributed by atoms with Gasteiger partial charge in [0.2, 0.25) is 5.91 Å². The summed E-state index contributed by atoms with van der Waals surface area (Å²) in [5.41, 5.74) is 1.95. The Morgan fingerprint density at radius 2 is 1.76 bits per heavy atom. The number of rotatable bonds is 7. The second kappa shape index (κ2) is 9.95. The zero-order valence-corrected chi connectivity index (χ0v) is 20.4. The van der Waals surface area contributed by atoms with Crippen LogP contribution in [0.4, 0.5) is 5.69 Å². The van der Waals surface area contributed by atoms with E-state index in [0.29, 0.717) is 27.8 Å². The van der Waals surface area contributed by atoms with Crippen molar-refractivity contribution in [3.8, 4) is 11.5 Å². The number of fused-ring (bicyclic) bond motifs is 1. The van der Waals surface area contributed by atoms with E-state index in [4.69, 9.17) is 21.1 Å². The second-order valence-electron chi connectivity index (χ2n) is 8.06. The molecule has 0 saturated carbocycles. The van der Waals surface area contributed by atoms with Crippen LogP contribution in [0, 0.1) is 13.8 Å². The average Bonchev–Trinajstić information content (AvgIpc) is 2.83. The first-order chi connectivity index (χ1) is 16.2. The molecule has 1 N–H and O–H groups in total. The number of para-hydroxylation sites is 2. The van der Waals surface area contributed by atoms with Crippen LogP contribution in [0.25, 0.3) is 0 Å². The van der Waals surface area contributed by atoms with E-state index in [9.17, 15) is 13.2 Å². The van der Waals surface area contributed by atoms with Gasteiger partial charge in [0.15, 0.2) is 11.5 Å². The normalized spacial score (nSPS) is 15.0. The minimum Gasteiger partial charge on any atom is -0.486 e. The van der Waals surface area contributed by atoms with Crippen LogP contribution in [0.2, 0.25) is 5.02 Å². The molecule has 178 valence electrons. The predicted octanol–water partition coefficient (Wildman–Crippen LogP) is 4.11. The molecule has 9 heteroatoms. The standard InChI is InChI=1S/C25H25ClN2O5S/c1-17-7-11-21(12-8-17)34(30,31)28(22-13-19(26)10-9-18(22)2)15-25(29)27-14-20-16-32-23-5-3-4-6-24(23)33-20/h3-13,20H,14-16H2,1-2H3,(H,27,29)/t20-/m0/s1. The molecule has 0 unspecified atom stereocenters. The summed E-state index contributed by atoms with van der Waals surface area (Å²) in [6.45, 7) is 3.67. The first-order valence-electron chi connectivity index (χ1n) is 10.7. The van der Waals surface area contributed by atoms with Gasteiger partial charge in [-0.3, -0.25) is 9.10 Å². The number of halogens is 1. The van der Waals surface area contributed by atoms with Gasteiger partial charge in [-0.25, -0.2) is 8.42 Å². The first-order valence-corrected chi connectivity index (χ1v) is 12.6. The van der Waals surface area contributed by atoms with Crippen molar-refractivity contribution in [3.63, 3.8) is 0 Å². The lowest BCUT2D eigenvalue weighted by atomic mass is 10.2. The van der Waals surface area contributed by atoms with Crippen LogP contribution < -0.4 is 19.1 Å². The Hall–Kier alpha value is -3.23. The minimum atomic E-state index is -4.03. The van der Waals surface area contributed by atoms with E-state index in [1.807, 2.05) is 25.1 Å². The SMILES string of the molecule is Cc1ccc(S(=O)(=O)N(CC(=O)NC[C@H]2COc3ccccc3O2)c2cc(Cl)ccc2C)cc1. The van der Waals surface area contributed by atoms with E-state index < -0.39 is 28.6 Å². The van der Waals surface area contributed by atoms with E-state index in [-0.39, 0.29) is 18.0 Å². The highest BCUT2D eigenvalue weighted by Crippen LogP contribution is 2.31.